The summed E-state index contributed by atoms with van der Waals surface area (Å²) in [5, 5.41) is 3.00. The van der Waals surface area contributed by atoms with Crippen molar-refractivity contribution in [3.63, 3.8) is 0 Å². The third kappa shape index (κ3) is 2.88. The lowest BCUT2D eigenvalue weighted by atomic mass is 9.97. The maximum absolute atomic E-state index is 12.3. The molecule has 0 spiro atoms. The molecule has 4 rings (SSSR count). The molecule has 2 aromatic carbocycles. The molecule has 124 valence electrons. The topological polar surface area (TPSA) is 47.6 Å². The number of rotatable bonds is 4. The molecule has 2 aliphatic rings. The lowest BCUT2D eigenvalue weighted by molar-refractivity contribution is 0.0954. The molecule has 0 radical (unpaired) electrons. The van der Waals surface area contributed by atoms with Crippen LogP contribution in [-0.4, -0.2) is 25.7 Å². The standard InChI is InChI=1S/C19H18BrNO3/c20-14-3-1-2-13(10-14)19(22)21-7-4-16-15-6-9-23-17(15)11-12-5-8-24-18(12)16/h1-3,10-11H,4-9H2,(H,21,22). The minimum absolute atomic E-state index is 0.0577. The van der Waals surface area contributed by atoms with Gasteiger partial charge in [-0.05, 0) is 30.7 Å². The monoisotopic (exact) mass is 387 g/mol. The van der Waals surface area contributed by atoms with E-state index in [1.807, 2.05) is 24.3 Å². The van der Waals surface area contributed by atoms with Crippen LogP contribution in [-0.2, 0) is 19.3 Å². The third-order valence-corrected chi connectivity index (χ3v) is 5.00. The first-order valence-corrected chi connectivity index (χ1v) is 8.98. The molecule has 1 N–H and O–H groups in total. The van der Waals surface area contributed by atoms with E-state index in [1.165, 1.54) is 16.7 Å². The van der Waals surface area contributed by atoms with Crippen molar-refractivity contribution in [2.75, 3.05) is 19.8 Å². The SMILES string of the molecule is O=C(NCCc1c2c(cc3c1OCC3)OCC2)c1cccc(Br)c1. The fraction of sp³-hybridized carbons (Fsp3) is 0.316. The van der Waals surface area contributed by atoms with Crippen LogP contribution in [0.1, 0.15) is 27.0 Å². The summed E-state index contributed by atoms with van der Waals surface area (Å²) < 4.78 is 12.5. The van der Waals surface area contributed by atoms with E-state index < -0.39 is 0 Å². The van der Waals surface area contributed by atoms with Gasteiger partial charge in [0.25, 0.3) is 5.91 Å². The molecule has 0 fully saturated rings. The van der Waals surface area contributed by atoms with E-state index in [0.717, 1.165) is 48.4 Å². The minimum Gasteiger partial charge on any atom is -0.493 e. The zero-order valence-electron chi connectivity index (χ0n) is 13.2. The number of ether oxygens (including phenoxy) is 2. The summed E-state index contributed by atoms with van der Waals surface area (Å²) in [5.41, 5.74) is 4.33. The second kappa shape index (κ2) is 6.48. The van der Waals surface area contributed by atoms with Gasteiger partial charge < -0.3 is 14.8 Å². The molecule has 24 heavy (non-hydrogen) atoms. The summed E-state index contributed by atoms with van der Waals surface area (Å²) >= 11 is 3.39. The summed E-state index contributed by atoms with van der Waals surface area (Å²) in [6.07, 6.45) is 2.61. The number of carbonyl (C=O) groups excluding carboxylic acids is 1. The third-order valence-electron chi connectivity index (χ3n) is 4.51. The van der Waals surface area contributed by atoms with Crippen LogP contribution in [0.15, 0.2) is 34.8 Å². The van der Waals surface area contributed by atoms with Crippen molar-refractivity contribution in [3.8, 4) is 11.5 Å². The number of nitrogens with one attached hydrogen (secondary N) is 1. The predicted octanol–water partition coefficient (Wildman–Crippen LogP) is 3.29. The fourth-order valence-corrected chi connectivity index (χ4v) is 3.78. The Kier molecular flexibility index (Phi) is 4.19. The molecule has 0 unspecified atom stereocenters. The van der Waals surface area contributed by atoms with E-state index in [0.29, 0.717) is 12.1 Å². The smallest absolute Gasteiger partial charge is 0.251 e. The summed E-state index contributed by atoms with van der Waals surface area (Å²) in [6.45, 7) is 2.04. The molecule has 0 saturated heterocycles. The number of amides is 1. The maximum Gasteiger partial charge on any atom is 0.251 e. The molecule has 0 bridgehead atoms. The van der Waals surface area contributed by atoms with Gasteiger partial charge >= 0.3 is 0 Å². The number of halogens is 1. The predicted molar refractivity (Wildman–Crippen MR) is 95.0 cm³/mol. The Bertz CT molecular complexity index is 771. The minimum atomic E-state index is -0.0577. The van der Waals surface area contributed by atoms with Crippen molar-refractivity contribution in [3.05, 3.63) is 57.1 Å². The second-order valence-electron chi connectivity index (χ2n) is 6.03. The van der Waals surface area contributed by atoms with Crippen LogP contribution >= 0.6 is 15.9 Å². The molecule has 0 atom stereocenters. The normalized spacial score (nSPS) is 14.5. The zero-order valence-corrected chi connectivity index (χ0v) is 14.8. The average molecular weight is 388 g/mol. The van der Waals surface area contributed by atoms with E-state index in [4.69, 9.17) is 9.47 Å². The lowest BCUT2D eigenvalue weighted by Gasteiger charge is -2.13. The van der Waals surface area contributed by atoms with Gasteiger partial charge in [-0.3, -0.25) is 4.79 Å². The molecule has 1 amide bonds. The summed E-state index contributed by atoms with van der Waals surface area (Å²) in [7, 11) is 0. The zero-order chi connectivity index (χ0) is 16.5. The highest BCUT2D eigenvalue weighted by Crippen LogP contribution is 2.40. The lowest BCUT2D eigenvalue weighted by Crippen LogP contribution is -2.26. The van der Waals surface area contributed by atoms with E-state index in [2.05, 4.69) is 27.3 Å². The highest BCUT2D eigenvalue weighted by Gasteiger charge is 2.26. The number of carbonyl (C=O) groups is 1. The van der Waals surface area contributed by atoms with Gasteiger partial charge in [-0.2, -0.15) is 0 Å². The van der Waals surface area contributed by atoms with Gasteiger partial charge in [0, 0.05) is 46.1 Å². The van der Waals surface area contributed by atoms with Crippen LogP contribution in [0.4, 0.5) is 0 Å². The van der Waals surface area contributed by atoms with Crippen LogP contribution in [0.5, 0.6) is 11.5 Å². The Balaban J connectivity index is 1.48. The van der Waals surface area contributed by atoms with Crippen LogP contribution in [0.3, 0.4) is 0 Å². The van der Waals surface area contributed by atoms with Crippen molar-refractivity contribution >= 4 is 21.8 Å². The van der Waals surface area contributed by atoms with E-state index >= 15 is 0 Å². The number of benzene rings is 2. The number of fused-ring (bicyclic) bond motifs is 2. The van der Waals surface area contributed by atoms with Gasteiger partial charge in [0.2, 0.25) is 0 Å². The Morgan fingerprint density at radius 1 is 1.17 bits per heavy atom. The van der Waals surface area contributed by atoms with Gasteiger partial charge in [-0.25, -0.2) is 0 Å². The molecule has 0 aliphatic carbocycles. The number of hydrogen-bond donors (Lipinski definition) is 1. The molecule has 5 heteroatoms. The van der Waals surface area contributed by atoms with Crippen molar-refractivity contribution in [2.45, 2.75) is 19.3 Å². The molecule has 4 nitrogen and oxygen atoms in total. The van der Waals surface area contributed by atoms with Crippen molar-refractivity contribution in [1.29, 1.82) is 0 Å². The van der Waals surface area contributed by atoms with E-state index in [9.17, 15) is 4.79 Å². The van der Waals surface area contributed by atoms with Gasteiger partial charge in [-0.1, -0.05) is 22.0 Å². The Hall–Kier alpha value is -2.01. The molecule has 2 aliphatic heterocycles. The summed E-state index contributed by atoms with van der Waals surface area (Å²) in [5.74, 6) is 1.95. The molecular weight excluding hydrogens is 370 g/mol. The maximum atomic E-state index is 12.3. The average Bonchev–Trinajstić information content (AvgIpc) is 3.22. The van der Waals surface area contributed by atoms with Crippen molar-refractivity contribution in [2.24, 2.45) is 0 Å². The molecule has 2 heterocycles. The first-order valence-electron chi connectivity index (χ1n) is 8.19. The summed E-state index contributed by atoms with van der Waals surface area (Å²) in [6, 6.07) is 9.53. The summed E-state index contributed by atoms with van der Waals surface area (Å²) in [4.78, 5) is 12.3. The highest BCUT2D eigenvalue weighted by molar-refractivity contribution is 9.10. The van der Waals surface area contributed by atoms with E-state index in [1.54, 1.807) is 0 Å². The van der Waals surface area contributed by atoms with Crippen LogP contribution in [0.2, 0.25) is 0 Å². The molecule has 0 aromatic heterocycles. The van der Waals surface area contributed by atoms with Crippen molar-refractivity contribution in [1.82, 2.24) is 5.32 Å². The molecular formula is C19H18BrNO3. The van der Waals surface area contributed by atoms with Gasteiger partial charge in [0.05, 0.1) is 13.2 Å². The Morgan fingerprint density at radius 2 is 2.04 bits per heavy atom. The first-order chi connectivity index (χ1) is 11.7. The largest absolute Gasteiger partial charge is 0.493 e. The molecule has 2 aromatic rings. The Morgan fingerprint density at radius 3 is 2.92 bits per heavy atom. The van der Waals surface area contributed by atoms with E-state index in [-0.39, 0.29) is 5.91 Å². The van der Waals surface area contributed by atoms with Gasteiger partial charge in [0.15, 0.2) is 0 Å². The van der Waals surface area contributed by atoms with Gasteiger partial charge in [0.1, 0.15) is 11.5 Å². The second-order valence-corrected chi connectivity index (χ2v) is 6.95. The first kappa shape index (κ1) is 15.5. The van der Waals surface area contributed by atoms with Crippen molar-refractivity contribution < 1.29 is 14.3 Å². The van der Waals surface area contributed by atoms with Crippen LogP contribution in [0, 0.1) is 0 Å². The van der Waals surface area contributed by atoms with Crippen LogP contribution in [0.25, 0.3) is 0 Å². The van der Waals surface area contributed by atoms with Gasteiger partial charge in [-0.15, -0.1) is 0 Å². The number of hydrogen-bond acceptors (Lipinski definition) is 3. The molecule has 0 saturated carbocycles. The quantitative estimate of drug-likeness (QED) is 0.875. The fourth-order valence-electron chi connectivity index (χ4n) is 3.38. The Labute approximate surface area is 149 Å². The van der Waals surface area contributed by atoms with Crippen LogP contribution < -0.4 is 14.8 Å². The highest BCUT2D eigenvalue weighted by atomic mass is 79.9.